The molecule has 5 nitrogen and oxygen atoms in total. The lowest BCUT2D eigenvalue weighted by Gasteiger charge is -2.13. The number of rotatable bonds is 6. The average Bonchev–Trinajstić information content (AvgIpc) is 3.07. The highest BCUT2D eigenvalue weighted by Crippen LogP contribution is 2.29. The van der Waals surface area contributed by atoms with E-state index in [1.807, 2.05) is 6.92 Å². The van der Waals surface area contributed by atoms with Gasteiger partial charge in [0, 0.05) is 22.9 Å². The Bertz CT molecular complexity index is 1300. The van der Waals surface area contributed by atoms with E-state index in [0.29, 0.717) is 39.0 Å². The Kier molecular flexibility index (Phi) is 6.11. The number of aromatic nitrogens is 4. The minimum absolute atomic E-state index is 0.198. The third kappa shape index (κ3) is 4.22. The van der Waals surface area contributed by atoms with Gasteiger partial charge in [0.05, 0.1) is 12.2 Å². The molecule has 0 bridgehead atoms. The van der Waals surface area contributed by atoms with Gasteiger partial charge in [-0.3, -0.25) is 14.0 Å². The van der Waals surface area contributed by atoms with E-state index >= 15 is 0 Å². The molecule has 2 heterocycles. The predicted molar refractivity (Wildman–Crippen MR) is 119 cm³/mol. The van der Waals surface area contributed by atoms with E-state index in [4.69, 9.17) is 16.6 Å². The maximum Gasteiger partial charge on any atom is 0.280 e. The van der Waals surface area contributed by atoms with Crippen LogP contribution in [0.5, 0.6) is 0 Å². The molecule has 4 rings (SSSR count). The highest BCUT2D eigenvalue weighted by Gasteiger charge is 2.19. The Labute approximate surface area is 186 Å². The average molecular weight is 461 g/mol. The van der Waals surface area contributed by atoms with Crippen LogP contribution in [0.15, 0.2) is 52.4 Å². The molecule has 0 saturated carbocycles. The van der Waals surface area contributed by atoms with Crippen LogP contribution in [-0.2, 0) is 18.8 Å². The first-order chi connectivity index (χ1) is 14.9. The normalized spacial score (nSPS) is 11.4. The van der Waals surface area contributed by atoms with E-state index in [1.54, 1.807) is 35.9 Å². The summed E-state index contributed by atoms with van der Waals surface area (Å²) in [7, 11) is 0. The van der Waals surface area contributed by atoms with Gasteiger partial charge >= 0.3 is 0 Å². The highest BCUT2D eigenvalue weighted by molar-refractivity contribution is 7.98. The van der Waals surface area contributed by atoms with Crippen LogP contribution in [0.2, 0.25) is 5.02 Å². The zero-order valence-corrected chi connectivity index (χ0v) is 18.5. The van der Waals surface area contributed by atoms with Crippen LogP contribution in [0.3, 0.4) is 0 Å². The monoisotopic (exact) mass is 460 g/mol. The van der Waals surface area contributed by atoms with Gasteiger partial charge in [-0.05, 0) is 43.7 Å². The summed E-state index contributed by atoms with van der Waals surface area (Å²) >= 11 is 7.38. The molecule has 2 aromatic carbocycles. The van der Waals surface area contributed by atoms with Crippen molar-refractivity contribution in [2.75, 3.05) is 0 Å². The second-order valence-corrected chi connectivity index (χ2v) is 8.35. The van der Waals surface area contributed by atoms with Gasteiger partial charge in [-0.25, -0.2) is 13.8 Å². The smallest absolute Gasteiger partial charge is 0.280 e. The number of nitrogens with zero attached hydrogens (tertiary/aromatic N) is 4. The van der Waals surface area contributed by atoms with E-state index < -0.39 is 5.82 Å². The summed E-state index contributed by atoms with van der Waals surface area (Å²) in [5.41, 5.74) is 2.42. The number of aryl methyl sites for hydroxylation is 2. The number of hydrogen-bond donors (Lipinski definition) is 0. The molecule has 2 aromatic heterocycles. The van der Waals surface area contributed by atoms with Crippen molar-refractivity contribution < 1.29 is 8.78 Å². The molecule has 0 fully saturated rings. The summed E-state index contributed by atoms with van der Waals surface area (Å²) in [6, 6.07) is 10.4. The zero-order chi connectivity index (χ0) is 22.1. The number of fused-ring (bicyclic) bond motifs is 1. The number of hydrogen-bond acceptors (Lipinski definition) is 4. The topological polar surface area (TPSA) is 52.7 Å². The molecule has 0 radical (unpaired) electrons. The predicted octanol–water partition coefficient (Wildman–Crippen LogP) is 5.19. The van der Waals surface area contributed by atoms with Gasteiger partial charge in [0.1, 0.15) is 17.2 Å². The van der Waals surface area contributed by atoms with Crippen LogP contribution in [0.4, 0.5) is 8.78 Å². The van der Waals surface area contributed by atoms with Gasteiger partial charge in [0.2, 0.25) is 0 Å². The first kappa shape index (κ1) is 21.5. The van der Waals surface area contributed by atoms with Gasteiger partial charge < -0.3 is 0 Å². The minimum Gasteiger partial charge on any atom is -0.281 e. The molecule has 0 atom stereocenters. The summed E-state index contributed by atoms with van der Waals surface area (Å²) in [5, 5.41) is 5.15. The largest absolute Gasteiger partial charge is 0.281 e. The fourth-order valence-corrected chi connectivity index (χ4v) is 4.68. The fraction of sp³-hybridized carbons (Fsp3) is 0.227. The lowest BCUT2D eigenvalue weighted by molar-refractivity contribution is 0.615. The molecule has 0 spiro atoms. The summed E-state index contributed by atoms with van der Waals surface area (Å²) in [6.45, 7) is 4.42. The lowest BCUT2D eigenvalue weighted by Crippen LogP contribution is -2.25. The fourth-order valence-electron chi connectivity index (χ4n) is 3.35. The molecular weight excluding hydrogens is 442 g/mol. The van der Waals surface area contributed by atoms with Crippen molar-refractivity contribution in [1.82, 2.24) is 19.3 Å². The SMILES string of the molecule is CCn1nc(C)c2nc(SCc3c(F)cccc3Cl)n(Cc3ccc(F)cc3)c(=O)c21. The maximum atomic E-state index is 14.2. The first-order valence-electron chi connectivity index (χ1n) is 9.67. The lowest BCUT2D eigenvalue weighted by atomic mass is 10.2. The zero-order valence-electron chi connectivity index (χ0n) is 16.9. The molecule has 0 aliphatic heterocycles. The van der Waals surface area contributed by atoms with Crippen LogP contribution in [0, 0.1) is 18.6 Å². The summed E-state index contributed by atoms with van der Waals surface area (Å²) in [4.78, 5) is 18.1. The molecule has 0 unspecified atom stereocenters. The Morgan fingerprint density at radius 2 is 1.87 bits per heavy atom. The van der Waals surface area contributed by atoms with Crippen LogP contribution in [-0.4, -0.2) is 19.3 Å². The molecule has 31 heavy (non-hydrogen) atoms. The van der Waals surface area contributed by atoms with Gasteiger partial charge in [0.15, 0.2) is 10.7 Å². The van der Waals surface area contributed by atoms with Crippen molar-refractivity contribution in [2.45, 2.75) is 37.8 Å². The van der Waals surface area contributed by atoms with E-state index in [1.165, 1.54) is 34.5 Å². The molecule has 0 aliphatic rings. The van der Waals surface area contributed by atoms with Crippen LogP contribution < -0.4 is 5.56 Å². The van der Waals surface area contributed by atoms with E-state index in [9.17, 15) is 13.6 Å². The third-order valence-corrected chi connectivity index (χ3v) is 6.30. The van der Waals surface area contributed by atoms with E-state index in [0.717, 1.165) is 5.56 Å². The molecule has 9 heteroatoms. The third-order valence-electron chi connectivity index (χ3n) is 4.94. The van der Waals surface area contributed by atoms with Crippen molar-refractivity contribution in [1.29, 1.82) is 0 Å². The summed E-state index contributed by atoms with van der Waals surface area (Å²) in [6.07, 6.45) is 0. The molecule has 0 aliphatic carbocycles. The summed E-state index contributed by atoms with van der Waals surface area (Å²) < 4.78 is 30.7. The van der Waals surface area contributed by atoms with Crippen molar-refractivity contribution in [3.8, 4) is 0 Å². The number of halogens is 3. The number of benzene rings is 2. The summed E-state index contributed by atoms with van der Waals surface area (Å²) in [5.74, 6) is -0.565. The second-order valence-electron chi connectivity index (χ2n) is 7.00. The van der Waals surface area contributed by atoms with Crippen molar-refractivity contribution in [3.63, 3.8) is 0 Å². The Morgan fingerprint density at radius 3 is 2.55 bits per heavy atom. The van der Waals surface area contributed by atoms with Crippen LogP contribution >= 0.6 is 23.4 Å². The molecule has 160 valence electrons. The molecule has 0 amide bonds. The number of thioether (sulfide) groups is 1. The minimum atomic E-state index is -0.413. The molecule has 0 saturated heterocycles. The first-order valence-corrected chi connectivity index (χ1v) is 11.0. The van der Waals surface area contributed by atoms with E-state index in [2.05, 4.69) is 5.10 Å². The van der Waals surface area contributed by atoms with Gasteiger partial charge in [0.25, 0.3) is 5.56 Å². The van der Waals surface area contributed by atoms with Crippen molar-refractivity contribution in [2.24, 2.45) is 0 Å². The Morgan fingerprint density at radius 1 is 1.13 bits per heavy atom. The second kappa shape index (κ2) is 8.80. The van der Waals surface area contributed by atoms with Crippen LogP contribution in [0.25, 0.3) is 11.0 Å². The standard InChI is InChI=1S/C22H19ClF2N4OS/c1-3-29-20-19(13(2)27-29)26-22(31-12-16-17(23)5-4-6-18(16)25)28(21(20)30)11-14-7-9-15(24)10-8-14/h4-10H,3,11-12H2,1-2H3. The van der Waals surface area contributed by atoms with Gasteiger partial charge in [-0.15, -0.1) is 0 Å². The Hall–Kier alpha value is -2.71. The quantitative estimate of drug-likeness (QED) is 0.293. The van der Waals surface area contributed by atoms with Gasteiger partial charge in [-0.2, -0.15) is 5.10 Å². The molecule has 0 N–H and O–H groups in total. The van der Waals surface area contributed by atoms with Crippen molar-refractivity contribution >= 4 is 34.4 Å². The van der Waals surface area contributed by atoms with E-state index in [-0.39, 0.29) is 23.7 Å². The molecule has 4 aromatic rings. The Balaban J connectivity index is 1.82. The van der Waals surface area contributed by atoms with Gasteiger partial charge in [-0.1, -0.05) is 41.6 Å². The van der Waals surface area contributed by atoms with Crippen LogP contribution in [0.1, 0.15) is 23.7 Å². The highest BCUT2D eigenvalue weighted by atomic mass is 35.5. The van der Waals surface area contributed by atoms with Crippen molar-refractivity contribution in [3.05, 3.63) is 86.3 Å². The maximum absolute atomic E-state index is 14.2. The molecular formula is C22H19ClF2N4OS.